The number of alkyl carbamates (subject to hydrolysis) is 1. The Morgan fingerprint density at radius 1 is 1.35 bits per heavy atom. The van der Waals surface area contributed by atoms with Crippen LogP contribution in [0.4, 0.5) is 4.79 Å². The molecule has 108 valence electrons. The van der Waals surface area contributed by atoms with E-state index in [4.69, 9.17) is 9.84 Å². The number of aliphatic carboxylic acids is 1. The molecule has 1 aromatic carbocycles. The Hall–Kier alpha value is -2.30. The van der Waals surface area contributed by atoms with Crippen LogP contribution in [0, 0.1) is 0 Å². The van der Waals surface area contributed by atoms with E-state index in [1.165, 1.54) is 6.08 Å². The lowest BCUT2D eigenvalue weighted by atomic mass is 10.0. The van der Waals surface area contributed by atoms with Gasteiger partial charge in [-0.15, -0.1) is 0 Å². The smallest absolute Gasteiger partial charge is 0.407 e. The van der Waals surface area contributed by atoms with Crippen LogP contribution < -0.4 is 5.32 Å². The second-order valence-corrected chi connectivity index (χ2v) is 4.35. The average molecular weight is 277 g/mol. The van der Waals surface area contributed by atoms with E-state index in [0.717, 1.165) is 5.56 Å². The van der Waals surface area contributed by atoms with E-state index >= 15 is 0 Å². The van der Waals surface area contributed by atoms with Crippen LogP contribution in [0.3, 0.4) is 0 Å². The highest BCUT2D eigenvalue weighted by Crippen LogP contribution is 2.07. The zero-order valence-corrected chi connectivity index (χ0v) is 11.2. The van der Waals surface area contributed by atoms with Gasteiger partial charge in [0.15, 0.2) is 0 Å². The van der Waals surface area contributed by atoms with E-state index in [1.807, 2.05) is 30.3 Å². The number of carboxylic acids is 1. The predicted molar refractivity (Wildman–Crippen MR) is 75.5 cm³/mol. The number of amides is 1. The number of carbonyl (C=O) groups excluding carboxylic acids is 1. The molecule has 0 radical (unpaired) electrons. The van der Waals surface area contributed by atoms with Gasteiger partial charge in [0.2, 0.25) is 0 Å². The molecule has 20 heavy (non-hydrogen) atoms. The standard InChI is InChI=1S/C15H19NO4/c1-2-10-20-15(19)16-13(11-14(17)18)9-8-12-6-4-3-5-7-12/h2-7,13H,1,8-11H2,(H,16,19)(H,17,18)/t13-/m0/s1. The van der Waals surface area contributed by atoms with Crippen LogP contribution in [0.25, 0.3) is 0 Å². The highest BCUT2D eigenvalue weighted by molar-refractivity contribution is 5.71. The van der Waals surface area contributed by atoms with Gasteiger partial charge in [0, 0.05) is 6.04 Å². The first-order valence-electron chi connectivity index (χ1n) is 6.41. The lowest BCUT2D eigenvalue weighted by Gasteiger charge is -2.16. The molecule has 5 nitrogen and oxygen atoms in total. The number of benzene rings is 1. The third-order valence-electron chi connectivity index (χ3n) is 2.70. The second kappa shape index (κ2) is 8.74. The highest BCUT2D eigenvalue weighted by Gasteiger charge is 2.16. The van der Waals surface area contributed by atoms with Gasteiger partial charge < -0.3 is 15.2 Å². The summed E-state index contributed by atoms with van der Waals surface area (Å²) in [6.45, 7) is 3.54. The normalized spacial score (nSPS) is 11.4. The molecule has 0 spiro atoms. The van der Waals surface area contributed by atoms with Gasteiger partial charge in [0.05, 0.1) is 6.42 Å². The van der Waals surface area contributed by atoms with Gasteiger partial charge in [0.1, 0.15) is 6.61 Å². The molecule has 2 N–H and O–H groups in total. The van der Waals surface area contributed by atoms with E-state index in [0.29, 0.717) is 12.8 Å². The molecule has 1 rings (SSSR count). The van der Waals surface area contributed by atoms with Crippen LogP contribution in [-0.2, 0) is 16.0 Å². The van der Waals surface area contributed by atoms with Crippen molar-refractivity contribution >= 4 is 12.1 Å². The third-order valence-corrected chi connectivity index (χ3v) is 2.70. The van der Waals surface area contributed by atoms with Gasteiger partial charge in [-0.1, -0.05) is 43.0 Å². The van der Waals surface area contributed by atoms with Crippen LogP contribution in [-0.4, -0.2) is 29.8 Å². The van der Waals surface area contributed by atoms with Crippen molar-refractivity contribution < 1.29 is 19.4 Å². The third kappa shape index (κ3) is 6.58. The van der Waals surface area contributed by atoms with Gasteiger partial charge in [-0.25, -0.2) is 4.79 Å². The quantitative estimate of drug-likeness (QED) is 0.715. The summed E-state index contributed by atoms with van der Waals surface area (Å²) in [7, 11) is 0. The van der Waals surface area contributed by atoms with Crippen molar-refractivity contribution in [2.75, 3.05) is 6.61 Å². The summed E-state index contributed by atoms with van der Waals surface area (Å²) in [5.74, 6) is -0.952. The maximum absolute atomic E-state index is 11.4. The molecule has 0 aromatic heterocycles. The van der Waals surface area contributed by atoms with Crippen LogP contribution in [0.5, 0.6) is 0 Å². The fraction of sp³-hybridized carbons (Fsp3) is 0.333. The number of carboxylic acid groups (broad SMARTS) is 1. The number of rotatable bonds is 8. The molecule has 1 atom stereocenters. The van der Waals surface area contributed by atoms with E-state index in [1.54, 1.807) is 0 Å². The van der Waals surface area contributed by atoms with Crippen molar-refractivity contribution in [3.8, 4) is 0 Å². The molecule has 0 saturated carbocycles. The Bertz CT molecular complexity index is 444. The molecule has 0 aliphatic heterocycles. The van der Waals surface area contributed by atoms with Crippen molar-refractivity contribution in [1.82, 2.24) is 5.32 Å². The van der Waals surface area contributed by atoms with Crippen molar-refractivity contribution in [3.63, 3.8) is 0 Å². The van der Waals surface area contributed by atoms with E-state index in [-0.39, 0.29) is 13.0 Å². The lowest BCUT2D eigenvalue weighted by Crippen LogP contribution is -2.37. The molecular weight excluding hydrogens is 258 g/mol. The number of carbonyl (C=O) groups is 2. The van der Waals surface area contributed by atoms with E-state index in [2.05, 4.69) is 11.9 Å². The van der Waals surface area contributed by atoms with Gasteiger partial charge in [-0.05, 0) is 18.4 Å². The minimum Gasteiger partial charge on any atom is -0.481 e. The summed E-state index contributed by atoms with van der Waals surface area (Å²) in [5.41, 5.74) is 1.10. The first kappa shape index (κ1) is 15.8. The van der Waals surface area contributed by atoms with Crippen molar-refractivity contribution in [1.29, 1.82) is 0 Å². The first-order valence-corrected chi connectivity index (χ1v) is 6.41. The van der Waals surface area contributed by atoms with Gasteiger partial charge in [0.25, 0.3) is 0 Å². The molecular formula is C15H19NO4. The monoisotopic (exact) mass is 277 g/mol. The summed E-state index contributed by atoms with van der Waals surface area (Å²) in [6.07, 6.45) is 1.94. The molecule has 0 bridgehead atoms. The fourth-order valence-corrected chi connectivity index (χ4v) is 1.76. The van der Waals surface area contributed by atoms with E-state index < -0.39 is 18.1 Å². The number of aryl methyl sites for hydroxylation is 1. The Labute approximate surface area is 118 Å². The number of nitrogens with one attached hydrogen (secondary N) is 1. The predicted octanol–water partition coefficient (Wildman–Crippen LogP) is 2.37. The number of hydrogen-bond acceptors (Lipinski definition) is 3. The zero-order chi connectivity index (χ0) is 14.8. The molecule has 0 aliphatic rings. The topological polar surface area (TPSA) is 75.6 Å². The highest BCUT2D eigenvalue weighted by atomic mass is 16.5. The molecule has 1 amide bonds. The summed E-state index contributed by atoms with van der Waals surface area (Å²) < 4.78 is 4.79. The Morgan fingerprint density at radius 3 is 2.65 bits per heavy atom. The Morgan fingerprint density at radius 2 is 2.05 bits per heavy atom. The molecule has 0 fully saturated rings. The second-order valence-electron chi connectivity index (χ2n) is 4.35. The Balaban J connectivity index is 2.48. The van der Waals surface area contributed by atoms with Gasteiger partial charge in [-0.2, -0.15) is 0 Å². The minimum absolute atomic E-state index is 0.101. The fourth-order valence-electron chi connectivity index (χ4n) is 1.76. The maximum Gasteiger partial charge on any atom is 0.407 e. The number of hydrogen-bond donors (Lipinski definition) is 2. The minimum atomic E-state index is -0.952. The summed E-state index contributed by atoms with van der Waals surface area (Å²) in [5, 5.41) is 11.4. The molecule has 0 saturated heterocycles. The molecule has 0 unspecified atom stereocenters. The van der Waals surface area contributed by atoms with Crippen LogP contribution in [0.2, 0.25) is 0 Å². The van der Waals surface area contributed by atoms with Crippen LogP contribution in [0.15, 0.2) is 43.0 Å². The molecule has 0 heterocycles. The van der Waals surface area contributed by atoms with E-state index in [9.17, 15) is 9.59 Å². The molecule has 5 heteroatoms. The summed E-state index contributed by atoms with van der Waals surface area (Å²) in [6, 6.07) is 9.25. The van der Waals surface area contributed by atoms with Crippen LogP contribution in [0.1, 0.15) is 18.4 Å². The largest absolute Gasteiger partial charge is 0.481 e. The van der Waals surface area contributed by atoms with Gasteiger partial charge in [-0.3, -0.25) is 4.79 Å². The average Bonchev–Trinajstić information content (AvgIpc) is 2.43. The lowest BCUT2D eigenvalue weighted by molar-refractivity contribution is -0.137. The van der Waals surface area contributed by atoms with Crippen molar-refractivity contribution in [2.24, 2.45) is 0 Å². The summed E-state index contributed by atoms with van der Waals surface area (Å²) >= 11 is 0. The van der Waals surface area contributed by atoms with Crippen molar-refractivity contribution in [2.45, 2.75) is 25.3 Å². The molecule has 0 aliphatic carbocycles. The van der Waals surface area contributed by atoms with Crippen molar-refractivity contribution in [3.05, 3.63) is 48.6 Å². The zero-order valence-electron chi connectivity index (χ0n) is 11.2. The maximum atomic E-state index is 11.4. The number of ether oxygens (including phenoxy) is 1. The Kier molecular flexibility index (Phi) is 6.89. The summed E-state index contributed by atoms with van der Waals surface area (Å²) in [4.78, 5) is 22.2. The van der Waals surface area contributed by atoms with Gasteiger partial charge >= 0.3 is 12.1 Å². The molecule has 1 aromatic rings. The first-order chi connectivity index (χ1) is 9.61. The van der Waals surface area contributed by atoms with Crippen LogP contribution >= 0.6 is 0 Å². The SMILES string of the molecule is C=CCOC(=O)N[C@@H](CCc1ccccc1)CC(=O)O.